The summed E-state index contributed by atoms with van der Waals surface area (Å²) in [6, 6.07) is 4.74. The molecule has 2 amide bonds. The number of carbonyl (C=O) groups excluding carboxylic acids is 2. The SMILES string of the molecule is CCCOc1ccc(C(F)(F)F)cc1NC(=O)C(C)NC(=O)c1ccco1. The van der Waals surface area contributed by atoms with Crippen molar-refractivity contribution >= 4 is 17.5 Å². The lowest BCUT2D eigenvalue weighted by Crippen LogP contribution is -2.41. The maximum atomic E-state index is 13.0. The maximum absolute atomic E-state index is 13.0. The summed E-state index contributed by atoms with van der Waals surface area (Å²) in [6.07, 6.45) is -2.62. The Morgan fingerprint density at radius 2 is 2.00 bits per heavy atom. The van der Waals surface area contributed by atoms with Crippen LogP contribution in [0.1, 0.15) is 36.4 Å². The van der Waals surface area contributed by atoms with Gasteiger partial charge in [-0.15, -0.1) is 0 Å². The minimum atomic E-state index is -4.57. The molecule has 1 unspecified atom stereocenters. The Morgan fingerprint density at radius 1 is 1.26 bits per heavy atom. The van der Waals surface area contributed by atoms with Crippen LogP contribution >= 0.6 is 0 Å². The van der Waals surface area contributed by atoms with Gasteiger partial charge < -0.3 is 19.8 Å². The molecule has 0 spiro atoms. The predicted molar refractivity (Wildman–Crippen MR) is 91.5 cm³/mol. The molecule has 0 aliphatic heterocycles. The largest absolute Gasteiger partial charge is 0.491 e. The van der Waals surface area contributed by atoms with Gasteiger partial charge in [-0.25, -0.2) is 0 Å². The summed E-state index contributed by atoms with van der Waals surface area (Å²) >= 11 is 0. The second kappa shape index (κ2) is 8.61. The molecule has 1 aromatic carbocycles. The first-order valence-corrected chi connectivity index (χ1v) is 8.21. The molecule has 0 aliphatic carbocycles. The van der Waals surface area contributed by atoms with Crippen LogP contribution in [0.3, 0.4) is 0 Å². The van der Waals surface area contributed by atoms with Gasteiger partial charge in [0.15, 0.2) is 5.76 Å². The normalized spacial score (nSPS) is 12.3. The number of carbonyl (C=O) groups is 2. The Hall–Kier alpha value is -2.97. The first-order chi connectivity index (χ1) is 12.7. The van der Waals surface area contributed by atoms with Gasteiger partial charge in [-0.05, 0) is 43.7 Å². The number of anilines is 1. The molecule has 0 radical (unpaired) electrons. The zero-order valence-electron chi connectivity index (χ0n) is 14.7. The van der Waals surface area contributed by atoms with Crippen molar-refractivity contribution in [3.05, 3.63) is 47.9 Å². The van der Waals surface area contributed by atoms with Crippen molar-refractivity contribution in [2.75, 3.05) is 11.9 Å². The summed E-state index contributed by atoms with van der Waals surface area (Å²) < 4.78 is 49.2. The molecular weight excluding hydrogens is 365 g/mol. The zero-order valence-corrected chi connectivity index (χ0v) is 14.7. The average molecular weight is 384 g/mol. The van der Waals surface area contributed by atoms with Gasteiger partial charge in [0.2, 0.25) is 5.91 Å². The van der Waals surface area contributed by atoms with Gasteiger partial charge >= 0.3 is 6.18 Å². The van der Waals surface area contributed by atoms with Crippen molar-refractivity contribution in [1.29, 1.82) is 0 Å². The molecule has 2 N–H and O–H groups in total. The van der Waals surface area contributed by atoms with Gasteiger partial charge in [0, 0.05) is 0 Å². The predicted octanol–water partition coefficient (Wildman–Crippen LogP) is 3.84. The van der Waals surface area contributed by atoms with E-state index in [0.717, 1.165) is 18.2 Å². The standard InChI is InChI=1S/C18H19F3N2O4/c1-3-8-26-14-7-6-12(18(19,20)21)10-13(14)23-16(24)11(2)22-17(25)15-5-4-9-27-15/h4-7,9-11H,3,8H2,1-2H3,(H,22,25)(H,23,24). The van der Waals surface area contributed by atoms with Crippen LogP contribution in [0.2, 0.25) is 0 Å². The fourth-order valence-corrected chi connectivity index (χ4v) is 2.12. The lowest BCUT2D eigenvalue weighted by atomic mass is 10.1. The summed E-state index contributed by atoms with van der Waals surface area (Å²) in [5.41, 5.74) is -1.05. The van der Waals surface area contributed by atoms with Crippen LogP contribution in [0.25, 0.3) is 0 Å². The lowest BCUT2D eigenvalue weighted by molar-refractivity contribution is -0.137. The van der Waals surface area contributed by atoms with Crippen LogP contribution in [0.15, 0.2) is 41.0 Å². The first kappa shape index (κ1) is 20.3. The van der Waals surface area contributed by atoms with E-state index in [9.17, 15) is 22.8 Å². The molecule has 1 aromatic heterocycles. The number of nitrogens with one attached hydrogen (secondary N) is 2. The quantitative estimate of drug-likeness (QED) is 0.760. The number of furan rings is 1. The van der Waals surface area contributed by atoms with E-state index in [1.165, 1.54) is 25.3 Å². The van der Waals surface area contributed by atoms with Crippen LogP contribution in [-0.4, -0.2) is 24.5 Å². The van der Waals surface area contributed by atoms with Crippen molar-refractivity contribution in [2.45, 2.75) is 32.5 Å². The molecule has 0 saturated carbocycles. The van der Waals surface area contributed by atoms with Crippen LogP contribution in [0, 0.1) is 0 Å². The van der Waals surface area contributed by atoms with E-state index in [-0.39, 0.29) is 23.8 Å². The zero-order chi connectivity index (χ0) is 20.0. The van der Waals surface area contributed by atoms with E-state index >= 15 is 0 Å². The van der Waals surface area contributed by atoms with Crippen LogP contribution in [0.5, 0.6) is 5.75 Å². The third kappa shape index (κ3) is 5.50. The number of hydrogen-bond acceptors (Lipinski definition) is 4. The van der Waals surface area contributed by atoms with Gasteiger partial charge in [0.05, 0.1) is 24.1 Å². The van der Waals surface area contributed by atoms with Gasteiger partial charge in [0.1, 0.15) is 11.8 Å². The third-order valence-corrected chi connectivity index (χ3v) is 3.51. The fourth-order valence-electron chi connectivity index (χ4n) is 2.12. The van der Waals surface area contributed by atoms with E-state index < -0.39 is 29.6 Å². The Balaban J connectivity index is 2.15. The molecule has 0 fully saturated rings. The van der Waals surface area contributed by atoms with E-state index in [2.05, 4.69) is 10.6 Å². The van der Waals surface area contributed by atoms with Crippen molar-refractivity contribution in [3.8, 4) is 5.75 Å². The number of benzene rings is 1. The van der Waals surface area contributed by atoms with E-state index in [4.69, 9.17) is 9.15 Å². The molecular formula is C18H19F3N2O4. The molecule has 27 heavy (non-hydrogen) atoms. The number of hydrogen-bond donors (Lipinski definition) is 2. The van der Waals surface area contributed by atoms with E-state index in [1.807, 2.05) is 6.92 Å². The Labute approximate surface area is 153 Å². The average Bonchev–Trinajstić information content (AvgIpc) is 3.14. The number of rotatable bonds is 7. The lowest BCUT2D eigenvalue weighted by Gasteiger charge is -2.17. The minimum absolute atomic E-state index is 0.0145. The molecule has 0 saturated heterocycles. The third-order valence-electron chi connectivity index (χ3n) is 3.51. The molecule has 6 nitrogen and oxygen atoms in total. The van der Waals surface area contributed by atoms with Crippen LogP contribution in [-0.2, 0) is 11.0 Å². The van der Waals surface area contributed by atoms with Gasteiger partial charge in [0.25, 0.3) is 5.91 Å². The molecule has 1 heterocycles. The Kier molecular flexibility index (Phi) is 6.49. The molecule has 1 atom stereocenters. The maximum Gasteiger partial charge on any atom is 0.416 e. The Bertz CT molecular complexity index is 788. The fraction of sp³-hybridized carbons (Fsp3) is 0.333. The van der Waals surface area contributed by atoms with Crippen LogP contribution < -0.4 is 15.4 Å². The molecule has 146 valence electrons. The van der Waals surface area contributed by atoms with E-state index in [0.29, 0.717) is 6.42 Å². The van der Waals surface area contributed by atoms with Gasteiger partial charge in [-0.2, -0.15) is 13.2 Å². The van der Waals surface area contributed by atoms with Crippen molar-refractivity contribution < 1.29 is 31.9 Å². The highest BCUT2D eigenvalue weighted by Crippen LogP contribution is 2.35. The second-order valence-electron chi connectivity index (χ2n) is 5.72. The molecule has 2 aromatic rings. The summed E-state index contributed by atoms with van der Waals surface area (Å²) in [6.45, 7) is 3.52. The second-order valence-corrected chi connectivity index (χ2v) is 5.72. The van der Waals surface area contributed by atoms with Gasteiger partial charge in [-0.1, -0.05) is 6.92 Å². The van der Waals surface area contributed by atoms with Gasteiger partial charge in [-0.3, -0.25) is 9.59 Å². The molecule has 0 bridgehead atoms. The van der Waals surface area contributed by atoms with Crippen molar-refractivity contribution in [3.63, 3.8) is 0 Å². The molecule has 9 heteroatoms. The monoisotopic (exact) mass is 384 g/mol. The van der Waals surface area contributed by atoms with Crippen LogP contribution in [0.4, 0.5) is 18.9 Å². The minimum Gasteiger partial charge on any atom is -0.491 e. The van der Waals surface area contributed by atoms with E-state index in [1.54, 1.807) is 0 Å². The smallest absolute Gasteiger partial charge is 0.416 e. The topological polar surface area (TPSA) is 80.6 Å². The summed E-state index contributed by atoms with van der Waals surface area (Å²) in [5.74, 6) is -1.19. The summed E-state index contributed by atoms with van der Waals surface area (Å²) in [4.78, 5) is 24.2. The molecule has 0 aliphatic rings. The highest BCUT2D eigenvalue weighted by atomic mass is 19.4. The summed E-state index contributed by atoms with van der Waals surface area (Å²) in [7, 11) is 0. The number of ether oxygens (including phenoxy) is 1. The van der Waals surface area contributed by atoms with Crippen molar-refractivity contribution in [2.24, 2.45) is 0 Å². The summed E-state index contributed by atoms with van der Waals surface area (Å²) in [5, 5.41) is 4.78. The molecule has 2 rings (SSSR count). The Morgan fingerprint density at radius 3 is 2.59 bits per heavy atom. The number of amides is 2. The number of halogens is 3. The highest BCUT2D eigenvalue weighted by Gasteiger charge is 2.31. The number of alkyl halides is 3. The first-order valence-electron chi connectivity index (χ1n) is 8.21. The van der Waals surface area contributed by atoms with Crippen molar-refractivity contribution in [1.82, 2.24) is 5.32 Å². The highest BCUT2D eigenvalue weighted by molar-refractivity contribution is 6.00.